The van der Waals surface area contributed by atoms with Gasteiger partial charge in [0, 0.05) is 24.8 Å². The van der Waals surface area contributed by atoms with Crippen LogP contribution in [0.25, 0.3) is 0 Å². The van der Waals surface area contributed by atoms with E-state index in [1.54, 1.807) is 0 Å². The van der Waals surface area contributed by atoms with Gasteiger partial charge in [-0.3, -0.25) is 0 Å². The number of hydrogen-bond acceptors (Lipinski definition) is 2. The lowest BCUT2D eigenvalue weighted by Gasteiger charge is -2.33. The fourth-order valence-corrected chi connectivity index (χ4v) is 3.86. The normalized spacial score (nSPS) is 25.4. The molecule has 0 bridgehead atoms. The Morgan fingerprint density at radius 3 is 2.75 bits per heavy atom. The molecule has 1 aliphatic heterocycles. The summed E-state index contributed by atoms with van der Waals surface area (Å²) in [5, 5.41) is 3.82. The van der Waals surface area contributed by atoms with Crippen molar-refractivity contribution in [1.29, 1.82) is 0 Å². The fourth-order valence-electron chi connectivity index (χ4n) is 3.86. The Morgan fingerprint density at radius 1 is 1.10 bits per heavy atom. The Morgan fingerprint density at radius 2 is 1.95 bits per heavy atom. The lowest BCUT2D eigenvalue weighted by Crippen LogP contribution is -2.43. The second kappa shape index (κ2) is 6.62. The molecule has 1 aromatic carbocycles. The van der Waals surface area contributed by atoms with Gasteiger partial charge in [-0.25, -0.2) is 0 Å². The lowest BCUT2D eigenvalue weighted by atomic mass is 9.83. The molecule has 0 radical (unpaired) electrons. The standard InChI is InChI=1S/C18H28N2/c1-15-7-5-10-17(13-15)20-12-6-11-19-18(14-20)16-8-3-2-4-9-16/h5,7,10,13,16,18-19H,2-4,6,8-9,11-12,14H2,1H3. The van der Waals surface area contributed by atoms with Crippen LogP contribution in [0.1, 0.15) is 44.1 Å². The van der Waals surface area contributed by atoms with Crippen molar-refractivity contribution < 1.29 is 0 Å². The monoisotopic (exact) mass is 272 g/mol. The molecular weight excluding hydrogens is 244 g/mol. The van der Waals surface area contributed by atoms with Crippen molar-refractivity contribution in [2.24, 2.45) is 5.92 Å². The summed E-state index contributed by atoms with van der Waals surface area (Å²) >= 11 is 0. The molecule has 2 heteroatoms. The molecule has 1 N–H and O–H groups in total. The minimum Gasteiger partial charge on any atom is -0.370 e. The van der Waals surface area contributed by atoms with Crippen LogP contribution in [-0.2, 0) is 0 Å². The van der Waals surface area contributed by atoms with Gasteiger partial charge in [0.2, 0.25) is 0 Å². The van der Waals surface area contributed by atoms with Crippen LogP contribution in [0.15, 0.2) is 24.3 Å². The number of rotatable bonds is 2. The van der Waals surface area contributed by atoms with E-state index in [4.69, 9.17) is 0 Å². The van der Waals surface area contributed by atoms with Crippen LogP contribution in [0.5, 0.6) is 0 Å². The third-order valence-electron chi connectivity index (χ3n) is 5.01. The second-order valence-corrected chi connectivity index (χ2v) is 6.60. The summed E-state index contributed by atoms with van der Waals surface area (Å²) < 4.78 is 0. The SMILES string of the molecule is Cc1cccc(N2CCCNC(C3CCCCC3)C2)c1. The van der Waals surface area contributed by atoms with Crippen LogP contribution in [-0.4, -0.2) is 25.7 Å². The molecule has 2 fully saturated rings. The van der Waals surface area contributed by atoms with Crippen molar-refractivity contribution in [3.05, 3.63) is 29.8 Å². The van der Waals surface area contributed by atoms with Crippen LogP contribution in [0.4, 0.5) is 5.69 Å². The van der Waals surface area contributed by atoms with Gasteiger partial charge in [0.25, 0.3) is 0 Å². The number of nitrogens with zero attached hydrogens (tertiary/aromatic N) is 1. The molecule has 0 aromatic heterocycles. The molecule has 3 rings (SSSR count). The van der Waals surface area contributed by atoms with Gasteiger partial charge in [0.15, 0.2) is 0 Å². The van der Waals surface area contributed by atoms with Crippen molar-refractivity contribution in [2.75, 3.05) is 24.5 Å². The van der Waals surface area contributed by atoms with Gasteiger partial charge >= 0.3 is 0 Å². The highest BCUT2D eigenvalue weighted by Crippen LogP contribution is 2.28. The summed E-state index contributed by atoms with van der Waals surface area (Å²) in [5.41, 5.74) is 2.78. The lowest BCUT2D eigenvalue weighted by molar-refractivity contribution is 0.277. The summed E-state index contributed by atoms with van der Waals surface area (Å²) in [6, 6.07) is 9.69. The summed E-state index contributed by atoms with van der Waals surface area (Å²) in [4.78, 5) is 2.60. The Balaban J connectivity index is 1.71. The van der Waals surface area contributed by atoms with Crippen LogP contribution < -0.4 is 10.2 Å². The van der Waals surface area contributed by atoms with Crippen LogP contribution in [0.3, 0.4) is 0 Å². The molecule has 1 atom stereocenters. The van der Waals surface area contributed by atoms with Crippen molar-refractivity contribution in [2.45, 2.75) is 51.5 Å². The Kier molecular flexibility index (Phi) is 4.62. The zero-order valence-corrected chi connectivity index (χ0v) is 12.8. The summed E-state index contributed by atoms with van der Waals surface area (Å²) in [7, 11) is 0. The number of hydrogen-bond donors (Lipinski definition) is 1. The van der Waals surface area contributed by atoms with E-state index in [1.807, 2.05) is 0 Å². The van der Waals surface area contributed by atoms with Crippen molar-refractivity contribution in [3.8, 4) is 0 Å². The van der Waals surface area contributed by atoms with Gasteiger partial charge in [-0.2, -0.15) is 0 Å². The average molecular weight is 272 g/mol. The Hall–Kier alpha value is -1.02. The van der Waals surface area contributed by atoms with E-state index in [0.717, 1.165) is 5.92 Å². The van der Waals surface area contributed by atoms with E-state index in [-0.39, 0.29) is 0 Å². The van der Waals surface area contributed by atoms with Crippen molar-refractivity contribution in [1.82, 2.24) is 5.32 Å². The first-order chi connectivity index (χ1) is 9.83. The first-order valence-electron chi connectivity index (χ1n) is 8.38. The topological polar surface area (TPSA) is 15.3 Å². The first kappa shape index (κ1) is 13.9. The van der Waals surface area contributed by atoms with E-state index in [0.29, 0.717) is 6.04 Å². The van der Waals surface area contributed by atoms with Crippen LogP contribution >= 0.6 is 0 Å². The molecule has 0 amide bonds. The van der Waals surface area contributed by atoms with E-state index in [2.05, 4.69) is 41.4 Å². The predicted molar refractivity (Wildman–Crippen MR) is 86.4 cm³/mol. The molecule has 0 spiro atoms. The third kappa shape index (κ3) is 3.35. The number of aryl methyl sites for hydroxylation is 1. The molecule has 1 heterocycles. The molecule has 2 aliphatic rings. The highest BCUT2D eigenvalue weighted by molar-refractivity contribution is 5.48. The maximum atomic E-state index is 3.82. The molecule has 1 saturated carbocycles. The second-order valence-electron chi connectivity index (χ2n) is 6.60. The minimum atomic E-state index is 0.693. The van der Waals surface area contributed by atoms with Crippen LogP contribution in [0.2, 0.25) is 0 Å². The first-order valence-corrected chi connectivity index (χ1v) is 8.38. The smallest absolute Gasteiger partial charge is 0.0369 e. The zero-order valence-electron chi connectivity index (χ0n) is 12.8. The minimum absolute atomic E-state index is 0.693. The maximum absolute atomic E-state index is 3.82. The third-order valence-corrected chi connectivity index (χ3v) is 5.01. The van der Waals surface area contributed by atoms with E-state index in [1.165, 1.54) is 69.4 Å². The highest BCUT2D eigenvalue weighted by atomic mass is 15.2. The summed E-state index contributed by atoms with van der Waals surface area (Å²) in [5.74, 6) is 0.897. The quantitative estimate of drug-likeness (QED) is 0.882. The molecule has 2 nitrogen and oxygen atoms in total. The zero-order chi connectivity index (χ0) is 13.8. The molecule has 1 aromatic rings. The maximum Gasteiger partial charge on any atom is 0.0369 e. The number of nitrogens with one attached hydrogen (secondary N) is 1. The molecular formula is C18H28N2. The summed E-state index contributed by atoms with van der Waals surface area (Å²) in [6.45, 7) is 5.76. The largest absolute Gasteiger partial charge is 0.370 e. The van der Waals surface area contributed by atoms with E-state index in [9.17, 15) is 0 Å². The molecule has 1 unspecified atom stereocenters. The van der Waals surface area contributed by atoms with Gasteiger partial charge in [0.05, 0.1) is 0 Å². The molecule has 1 aliphatic carbocycles. The highest BCUT2D eigenvalue weighted by Gasteiger charge is 2.26. The average Bonchev–Trinajstić information content (AvgIpc) is 2.74. The Labute approximate surface area is 123 Å². The van der Waals surface area contributed by atoms with E-state index >= 15 is 0 Å². The molecule has 110 valence electrons. The van der Waals surface area contributed by atoms with Gasteiger partial charge < -0.3 is 10.2 Å². The van der Waals surface area contributed by atoms with Gasteiger partial charge in [-0.15, -0.1) is 0 Å². The fraction of sp³-hybridized carbons (Fsp3) is 0.667. The van der Waals surface area contributed by atoms with Crippen molar-refractivity contribution in [3.63, 3.8) is 0 Å². The number of anilines is 1. The van der Waals surface area contributed by atoms with E-state index < -0.39 is 0 Å². The van der Waals surface area contributed by atoms with Crippen LogP contribution in [0, 0.1) is 12.8 Å². The number of benzene rings is 1. The predicted octanol–water partition coefficient (Wildman–Crippen LogP) is 3.74. The Bertz CT molecular complexity index is 423. The van der Waals surface area contributed by atoms with Gasteiger partial charge in [-0.05, 0) is 56.3 Å². The molecule has 1 saturated heterocycles. The summed E-state index contributed by atoms with van der Waals surface area (Å²) in [6.07, 6.45) is 8.45. The molecule has 20 heavy (non-hydrogen) atoms. The van der Waals surface area contributed by atoms with Gasteiger partial charge in [0.1, 0.15) is 0 Å². The van der Waals surface area contributed by atoms with Crippen molar-refractivity contribution >= 4 is 5.69 Å². The van der Waals surface area contributed by atoms with Gasteiger partial charge in [-0.1, -0.05) is 31.4 Å².